The van der Waals surface area contributed by atoms with Gasteiger partial charge in [-0.05, 0) is 30.0 Å². The monoisotopic (exact) mass is 224 g/mol. The minimum Gasteiger partial charge on any atom is -0.508 e. The third kappa shape index (κ3) is 2.74. The Morgan fingerprint density at radius 2 is 1.81 bits per heavy atom. The van der Waals surface area contributed by atoms with E-state index in [-0.39, 0.29) is 24.9 Å². The largest absolute Gasteiger partial charge is 0.508 e. The number of hydrogen-bond donors (Lipinski definition) is 3. The number of hydrogen-bond acceptors (Lipinski definition) is 3. The molecule has 1 aromatic rings. The van der Waals surface area contributed by atoms with E-state index in [2.05, 4.69) is 0 Å². The molecule has 0 spiro atoms. The zero-order valence-electron chi connectivity index (χ0n) is 9.85. The number of aliphatic hydroxyl groups excluding tert-OH is 2. The van der Waals surface area contributed by atoms with E-state index in [1.54, 1.807) is 18.2 Å². The van der Waals surface area contributed by atoms with Gasteiger partial charge in [0.25, 0.3) is 0 Å². The number of aromatic hydroxyl groups is 1. The number of phenolic OH excluding ortho intramolecular Hbond substituents is 1. The molecule has 0 atom stereocenters. The zero-order chi connectivity index (χ0) is 12.2. The molecule has 0 aliphatic carbocycles. The van der Waals surface area contributed by atoms with Crippen LogP contribution in [0.15, 0.2) is 24.3 Å². The summed E-state index contributed by atoms with van der Waals surface area (Å²) in [5.41, 5.74) is 0.408. The summed E-state index contributed by atoms with van der Waals surface area (Å²) in [6.07, 6.45) is 0.562. The average molecular weight is 224 g/mol. The van der Waals surface area contributed by atoms with E-state index >= 15 is 0 Å². The van der Waals surface area contributed by atoms with Gasteiger partial charge in [-0.2, -0.15) is 0 Å². The summed E-state index contributed by atoms with van der Waals surface area (Å²) >= 11 is 0. The van der Waals surface area contributed by atoms with Crippen LogP contribution in [0.2, 0.25) is 0 Å². The molecule has 16 heavy (non-hydrogen) atoms. The smallest absolute Gasteiger partial charge is 0.115 e. The first-order valence-electron chi connectivity index (χ1n) is 5.54. The molecule has 0 aliphatic heterocycles. The molecule has 1 rings (SSSR count). The Balaban J connectivity index is 2.91. The van der Waals surface area contributed by atoms with Crippen molar-refractivity contribution in [1.82, 2.24) is 0 Å². The van der Waals surface area contributed by atoms with Crippen molar-refractivity contribution < 1.29 is 15.3 Å². The van der Waals surface area contributed by atoms with Gasteiger partial charge in [0.1, 0.15) is 5.75 Å². The third-order valence-corrected chi connectivity index (χ3v) is 3.32. The molecule has 0 bridgehead atoms. The fraction of sp³-hybridized carbons (Fsp3) is 0.538. The first kappa shape index (κ1) is 13.0. The van der Waals surface area contributed by atoms with E-state index in [9.17, 15) is 15.3 Å². The lowest BCUT2D eigenvalue weighted by molar-refractivity contribution is 0.0163. The van der Waals surface area contributed by atoms with Gasteiger partial charge in [0, 0.05) is 5.41 Å². The van der Waals surface area contributed by atoms with Crippen LogP contribution in [0.1, 0.15) is 19.4 Å². The summed E-state index contributed by atoms with van der Waals surface area (Å²) in [7, 11) is 0. The molecular formula is C13H20O3. The van der Waals surface area contributed by atoms with Crippen molar-refractivity contribution in [1.29, 1.82) is 0 Å². The maximum absolute atomic E-state index is 9.46. The van der Waals surface area contributed by atoms with E-state index in [0.717, 1.165) is 5.56 Å². The minimum atomic E-state index is -0.520. The van der Waals surface area contributed by atoms with Gasteiger partial charge in [-0.25, -0.2) is 0 Å². The number of rotatable bonds is 5. The van der Waals surface area contributed by atoms with Crippen LogP contribution in [0.5, 0.6) is 5.75 Å². The van der Waals surface area contributed by atoms with Crippen molar-refractivity contribution >= 4 is 0 Å². The Labute approximate surface area is 96.4 Å². The van der Waals surface area contributed by atoms with Gasteiger partial charge in [-0.15, -0.1) is 0 Å². The molecular weight excluding hydrogens is 204 g/mol. The van der Waals surface area contributed by atoms with Crippen LogP contribution in [-0.4, -0.2) is 28.5 Å². The summed E-state index contributed by atoms with van der Waals surface area (Å²) in [5.74, 6) is 0.385. The van der Waals surface area contributed by atoms with E-state index in [1.807, 2.05) is 19.9 Å². The van der Waals surface area contributed by atoms with Crippen LogP contribution < -0.4 is 0 Å². The highest BCUT2D eigenvalue weighted by molar-refractivity contribution is 5.28. The quantitative estimate of drug-likeness (QED) is 0.711. The molecule has 0 saturated carbocycles. The molecule has 0 saturated heterocycles. The predicted octanol–water partition coefficient (Wildman–Crippen LogP) is 1.56. The first-order valence-corrected chi connectivity index (χ1v) is 5.54. The molecule has 0 fully saturated rings. The van der Waals surface area contributed by atoms with Crippen molar-refractivity contribution in [2.75, 3.05) is 13.2 Å². The highest BCUT2D eigenvalue weighted by atomic mass is 16.3. The Kier molecular flexibility index (Phi) is 4.33. The maximum atomic E-state index is 9.46. The van der Waals surface area contributed by atoms with Crippen molar-refractivity contribution in [3.63, 3.8) is 0 Å². The summed E-state index contributed by atoms with van der Waals surface area (Å²) in [6.45, 7) is 3.85. The molecule has 0 aromatic heterocycles. The third-order valence-electron chi connectivity index (χ3n) is 3.32. The molecule has 3 nitrogen and oxygen atoms in total. The van der Waals surface area contributed by atoms with Crippen LogP contribution in [0.3, 0.4) is 0 Å². The van der Waals surface area contributed by atoms with Gasteiger partial charge in [0.15, 0.2) is 0 Å². The molecule has 0 aliphatic rings. The van der Waals surface area contributed by atoms with Gasteiger partial charge < -0.3 is 15.3 Å². The topological polar surface area (TPSA) is 60.7 Å². The predicted molar refractivity (Wildman–Crippen MR) is 63.3 cm³/mol. The second kappa shape index (κ2) is 5.32. The lowest BCUT2D eigenvalue weighted by atomic mass is 9.74. The van der Waals surface area contributed by atoms with Crippen molar-refractivity contribution in [3.05, 3.63) is 29.8 Å². The minimum absolute atomic E-state index is 0.0587. The molecule has 90 valence electrons. The first-order chi connectivity index (χ1) is 7.54. The molecule has 0 amide bonds. The Morgan fingerprint density at radius 1 is 1.19 bits per heavy atom. The van der Waals surface area contributed by atoms with E-state index < -0.39 is 5.41 Å². The summed E-state index contributed by atoms with van der Waals surface area (Å²) in [4.78, 5) is 0. The second-order valence-corrected chi connectivity index (χ2v) is 4.68. The number of benzene rings is 1. The van der Waals surface area contributed by atoms with Gasteiger partial charge in [0.05, 0.1) is 13.2 Å². The number of aliphatic hydroxyl groups is 2. The highest BCUT2D eigenvalue weighted by Crippen LogP contribution is 2.31. The fourth-order valence-electron chi connectivity index (χ4n) is 1.80. The Hall–Kier alpha value is -1.06. The van der Waals surface area contributed by atoms with E-state index in [4.69, 9.17) is 0 Å². The Morgan fingerprint density at radius 3 is 2.25 bits per heavy atom. The molecule has 1 aromatic carbocycles. The summed E-state index contributed by atoms with van der Waals surface area (Å²) < 4.78 is 0. The second-order valence-electron chi connectivity index (χ2n) is 4.68. The number of phenols is 1. The van der Waals surface area contributed by atoms with Crippen LogP contribution in [0.25, 0.3) is 0 Å². The summed E-state index contributed by atoms with van der Waals surface area (Å²) in [6, 6.07) is 6.94. The van der Waals surface area contributed by atoms with Gasteiger partial charge in [-0.1, -0.05) is 26.0 Å². The average Bonchev–Trinajstić information content (AvgIpc) is 2.25. The zero-order valence-corrected chi connectivity index (χ0v) is 9.85. The fourth-order valence-corrected chi connectivity index (χ4v) is 1.80. The maximum Gasteiger partial charge on any atom is 0.115 e. The standard InChI is InChI=1S/C13H20O3/c1-10(2)13(8-14,9-15)7-11-4-3-5-12(16)6-11/h3-6,10,14-16H,7-9H2,1-2H3. The molecule has 0 heterocycles. The van der Waals surface area contributed by atoms with E-state index in [0.29, 0.717) is 6.42 Å². The van der Waals surface area contributed by atoms with Crippen LogP contribution in [-0.2, 0) is 6.42 Å². The van der Waals surface area contributed by atoms with Crippen LogP contribution in [0.4, 0.5) is 0 Å². The van der Waals surface area contributed by atoms with Gasteiger partial charge in [-0.3, -0.25) is 0 Å². The summed E-state index contributed by atoms with van der Waals surface area (Å²) in [5, 5.41) is 28.3. The molecule has 0 radical (unpaired) electrons. The highest BCUT2D eigenvalue weighted by Gasteiger charge is 2.32. The molecule has 0 unspecified atom stereocenters. The normalized spacial score (nSPS) is 12.1. The Bertz CT molecular complexity index is 330. The van der Waals surface area contributed by atoms with Crippen molar-refractivity contribution in [2.45, 2.75) is 20.3 Å². The molecule has 3 heteroatoms. The van der Waals surface area contributed by atoms with Crippen LogP contribution >= 0.6 is 0 Å². The van der Waals surface area contributed by atoms with Gasteiger partial charge >= 0.3 is 0 Å². The lowest BCUT2D eigenvalue weighted by Crippen LogP contribution is -2.37. The van der Waals surface area contributed by atoms with Crippen molar-refractivity contribution in [3.8, 4) is 5.75 Å². The van der Waals surface area contributed by atoms with Crippen molar-refractivity contribution in [2.24, 2.45) is 11.3 Å². The van der Waals surface area contributed by atoms with Crippen LogP contribution in [0, 0.1) is 11.3 Å². The molecule has 3 N–H and O–H groups in total. The van der Waals surface area contributed by atoms with Gasteiger partial charge in [0.2, 0.25) is 0 Å². The lowest BCUT2D eigenvalue weighted by Gasteiger charge is -2.34. The SMILES string of the molecule is CC(C)C(CO)(CO)Cc1cccc(O)c1. The van der Waals surface area contributed by atoms with E-state index in [1.165, 1.54) is 0 Å².